The number of nitrogens with zero attached hydrogens (tertiary/aromatic N) is 1. The maximum atomic E-state index is 13.8. The molecule has 3 fully saturated rings. The maximum absolute atomic E-state index is 13.8. The van der Waals surface area contributed by atoms with Crippen molar-refractivity contribution < 1.29 is 27.4 Å². The molecule has 1 aliphatic carbocycles. The Morgan fingerprint density at radius 1 is 1.13 bits per heavy atom. The molecule has 3 rings (SSSR count). The summed E-state index contributed by atoms with van der Waals surface area (Å²) in [4.78, 5) is 14.4. The molecule has 1 amide bonds. The maximum Gasteiger partial charge on any atom is 0.403 e. The van der Waals surface area contributed by atoms with E-state index in [1.807, 2.05) is 13.8 Å². The Morgan fingerprint density at radius 3 is 2.39 bits per heavy atom. The zero-order chi connectivity index (χ0) is 16.9. The predicted molar refractivity (Wildman–Crippen MR) is 76.8 cm³/mol. The number of fused-ring (bicyclic) bond motifs is 1. The highest BCUT2D eigenvalue weighted by Crippen LogP contribution is 2.51. The minimum atomic E-state index is -4.51. The average molecular weight is 335 g/mol. The van der Waals surface area contributed by atoms with Crippen molar-refractivity contribution in [3.63, 3.8) is 0 Å². The van der Waals surface area contributed by atoms with E-state index in [0.717, 1.165) is 6.42 Å². The SMILES string of the molecule is CC1(C)CN(C(=O)C2(C(F)(F)F)CCCCC2)[C@@H]2COC[C@H]2O1. The summed E-state index contributed by atoms with van der Waals surface area (Å²) < 4.78 is 52.7. The zero-order valence-electron chi connectivity index (χ0n) is 13.6. The standard InChI is InChI=1S/C16H24F3NO3/c1-14(2)10-20(11-8-22-9-12(11)23-14)13(21)15(16(17,18)19)6-4-3-5-7-15/h11-12H,3-10H2,1-2H3/t11-,12-/m1/s1. The van der Waals surface area contributed by atoms with Crippen LogP contribution in [0.1, 0.15) is 46.0 Å². The van der Waals surface area contributed by atoms with Crippen molar-refractivity contribution in [3.8, 4) is 0 Å². The van der Waals surface area contributed by atoms with E-state index in [4.69, 9.17) is 9.47 Å². The van der Waals surface area contributed by atoms with Crippen LogP contribution < -0.4 is 0 Å². The van der Waals surface area contributed by atoms with E-state index >= 15 is 0 Å². The lowest BCUT2D eigenvalue weighted by molar-refractivity contribution is -0.243. The molecule has 0 N–H and O–H groups in total. The second-order valence-corrected chi connectivity index (χ2v) is 7.59. The lowest BCUT2D eigenvalue weighted by Gasteiger charge is -2.49. The molecule has 1 saturated carbocycles. The van der Waals surface area contributed by atoms with Crippen LogP contribution in [0.15, 0.2) is 0 Å². The second-order valence-electron chi connectivity index (χ2n) is 7.59. The highest BCUT2D eigenvalue weighted by molar-refractivity contribution is 5.84. The Morgan fingerprint density at radius 2 is 1.78 bits per heavy atom. The molecule has 0 aromatic rings. The first-order chi connectivity index (χ1) is 10.7. The number of alkyl halides is 3. The third kappa shape index (κ3) is 2.86. The number of halogens is 3. The van der Waals surface area contributed by atoms with Gasteiger partial charge >= 0.3 is 6.18 Å². The number of morpholine rings is 1. The van der Waals surface area contributed by atoms with E-state index in [-0.39, 0.29) is 32.1 Å². The summed E-state index contributed by atoms with van der Waals surface area (Å²) in [5, 5.41) is 0. The van der Waals surface area contributed by atoms with Crippen molar-refractivity contribution in [1.29, 1.82) is 0 Å². The minimum absolute atomic E-state index is 0.106. The number of carbonyl (C=O) groups is 1. The smallest absolute Gasteiger partial charge is 0.376 e. The van der Waals surface area contributed by atoms with Crippen molar-refractivity contribution in [2.45, 2.75) is 69.9 Å². The Hall–Kier alpha value is -0.820. The summed E-state index contributed by atoms with van der Waals surface area (Å²) in [5.74, 6) is -0.776. The van der Waals surface area contributed by atoms with Gasteiger partial charge in [0.25, 0.3) is 0 Å². The van der Waals surface area contributed by atoms with Crippen molar-refractivity contribution in [1.82, 2.24) is 4.90 Å². The highest BCUT2D eigenvalue weighted by atomic mass is 19.4. The molecule has 132 valence electrons. The topological polar surface area (TPSA) is 38.8 Å². The first-order valence-corrected chi connectivity index (χ1v) is 8.30. The van der Waals surface area contributed by atoms with Gasteiger partial charge in [-0.3, -0.25) is 4.79 Å². The summed E-state index contributed by atoms with van der Waals surface area (Å²) in [5.41, 5.74) is -2.89. The van der Waals surface area contributed by atoms with E-state index in [9.17, 15) is 18.0 Å². The molecule has 0 bridgehead atoms. The molecule has 7 heteroatoms. The van der Waals surface area contributed by atoms with Gasteiger partial charge in [0, 0.05) is 6.54 Å². The molecule has 0 unspecified atom stereocenters. The number of hydrogen-bond acceptors (Lipinski definition) is 3. The van der Waals surface area contributed by atoms with Crippen molar-refractivity contribution >= 4 is 5.91 Å². The van der Waals surface area contributed by atoms with Crippen LogP contribution in [0.25, 0.3) is 0 Å². The Balaban J connectivity index is 1.92. The summed E-state index contributed by atoms with van der Waals surface area (Å²) in [7, 11) is 0. The van der Waals surface area contributed by atoms with Crippen LogP contribution in [0.4, 0.5) is 13.2 Å². The molecule has 2 atom stereocenters. The number of rotatable bonds is 1. The van der Waals surface area contributed by atoms with Crippen molar-refractivity contribution in [2.75, 3.05) is 19.8 Å². The molecular weight excluding hydrogens is 311 g/mol. The molecule has 0 aromatic heterocycles. The van der Waals surface area contributed by atoms with Crippen LogP contribution in [-0.4, -0.2) is 54.5 Å². The molecule has 2 heterocycles. The number of amides is 1. The van der Waals surface area contributed by atoms with Gasteiger partial charge in [-0.15, -0.1) is 0 Å². The van der Waals surface area contributed by atoms with Gasteiger partial charge in [-0.1, -0.05) is 19.3 Å². The van der Waals surface area contributed by atoms with Gasteiger partial charge in [0.1, 0.15) is 11.5 Å². The molecule has 23 heavy (non-hydrogen) atoms. The minimum Gasteiger partial charge on any atom is -0.376 e. The van der Waals surface area contributed by atoms with Gasteiger partial charge in [-0.05, 0) is 26.7 Å². The Kier molecular flexibility index (Phi) is 4.16. The van der Waals surface area contributed by atoms with Gasteiger partial charge in [0.15, 0.2) is 0 Å². The molecule has 2 aliphatic heterocycles. The van der Waals surface area contributed by atoms with Crippen LogP contribution >= 0.6 is 0 Å². The fourth-order valence-electron chi connectivity index (χ4n) is 4.17. The number of ether oxygens (including phenoxy) is 2. The van der Waals surface area contributed by atoms with Crippen molar-refractivity contribution in [2.24, 2.45) is 5.41 Å². The van der Waals surface area contributed by atoms with Gasteiger partial charge in [-0.2, -0.15) is 13.2 Å². The first kappa shape index (κ1) is 17.0. The van der Waals surface area contributed by atoms with Crippen LogP contribution in [0.3, 0.4) is 0 Å². The summed E-state index contributed by atoms with van der Waals surface area (Å²) in [6, 6.07) is -0.406. The first-order valence-electron chi connectivity index (χ1n) is 8.30. The van der Waals surface area contributed by atoms with Gasteiger partial charge in [0.2, 0.25) is 5.91 Å². The largest absolute Gasteiger partial charge is 0.403 e. The monoisotopic (exact) mass is 335 g/mol. The van der Waals surface area contributed by atoms with Gasteiger partial charge < -0.3 is 14.4 Å². The fourth-order valence-corrected chi connectivity index (χ4v) is 4.17. The predicted octanol–water partition coefficient (Wildman–Crippen LogP) is 2.90. The van der Waals surface area contributed by atoms with Crippen LogP contribution in [0.2, 0.25) is 0 Å². The Bertz CT molecular complexity index is 472. The molecule has 4 nitrogen and oxygen atoms in total. The second kappa shape index (κ2) is 5.62. The lowest BCUT2D eigenvalue weighted by Crippen LogP contribution is -2.64. The molecule has 3 aliphatic rings. The zero-order valence-corrected chi connectivity index (χ0v) is 13.6. The Labute approximate surface area is 134 Å². The van der Waals surface area contributed by atoms with E-state index in [1.165, 1.54) is 4.90 Å². The van der Waals surface area contributed by atoms with Crippen LogP contribution in [-0.2, 0) is 14.3 Å². The summed E-state index contributed by atoms with van der Waals surface area (Å²) in [6.07, 6.45) is -3.41. The number of carbonyl (C=O) groups excluding carboxylic acids is 1. The van der Waals surface area contributed by atoms with E-state index in [2.05, 4.69) is 0 Å². The molecule has 2 saturated heterocycles. The number of hydrogen-bond donors (Lipinski definition) is 0. The van der Waals surface area contributed by atoms with E-state index < -0.39 is 29.1 Å². The molecule has 0 spiro atoms. The van der Waals surface area contributed by atoms with Crippen molar-refractivity contribution in [3.05, 3.63) is 0 Å². The molecular formula is C16H24F3NO3. The quantitative estimate of drug-likeness (QED) is 0.740. The van der Waals surface area contributed by atoms with Gasteiger partial charge in [-0.25, -0.2) is 0 Å². The third-order valence-corrected chi connectivity index (χ3v) is 5.34. The summed E-state index contributed by atoms with van der Waals surface area (Å²) in [6.45, 7) is 4.37. The normalized spacial score (nSPS) is 33.3. The van der Waals surface area contributed by atoms with Crippen LogP contribution in [0.5, 0.6) is 0 Å². The molecule has 0 radical (unpaired) electrons. The van der Waals surface area contributed by atoms with E-state index in [0.29, 0.717) is 19.4 Å². The molecule has 0 aromatic carbocycles. The lowest BCUT2D eigenvalue weighted by atomic mass is 9.71. The van der Waals surface area contributed by atoms with E-state index in [1.54, 1.807) is 0 Å². The third-order valence-electron chi connectivity index (χ3n) is 5.34. The highest BCUT2D eigenvalue weighted by Gasteiger charge is 2.63. The van der Waals surface area contributed by atoms with Crippen LogP contribution in [0, 0.1) is 5.41 Å². The van der Waals surface area contributed by atoms with Gasteiger partial charge in [0.05, 0.1) is 24.9 Å². The summed E-state index contributed by atoms with van der Waals surface area (Å²) >= 11 is 0. The fraction of sp³-hybridized carbons (Fsp3) is 0.938. The average Bonchev–Trinajstić information content (AvgIpc) is 2.92.